The van der Waals surface area contributed by atoms with Crippen LogP contribution in [0.4, 0.5) is 0 Å². The van der Waals surface area contributed by atoms with Crippen molar-refractivity contribution in [3.63, 3.8) is 0 Å². The highest BCUT2D eigenvalue weighted by Crippen LogP contribution is 2.15. The van der Waals surface area contributed by atoms with Crippen LogP contribution < -0.4 is 0 Å². The van der Waals surface area contributed by atoms with E-state index in [0.717, 1.165) is 33.0 Å². The van der Waals surface area contributed by atoms with Gasteiger partial charge in [0.05, 0.1) is 40.0 Å². The van der Waals surface area contributed by atoms with Gasteiger partial charge < -0.3 is 14.0 Å². The molecule has 3 nitrogen and oxygen atoms in total. The highest BCUT2D eigenvalue weighted by atomic mass is 16.5. The predicted octanol–water partition coefficient (Wildman–Crippen LogP) is 1.67. The molecule has 1 aliphatic rings. The Hall–Kier alpha value is -0.120. The van der Waals surface area contributed by atoms with E-state index >= 15 is 0 Å². The largest absolute Gasteiger partial charge is 0.379 e. The van der Waals surface area contributed by atoms with Crippen molar-refractivity contribution in [1.82, 2.24) is 0 Å². The molecule has 0 aromatic rings. The molecule has 0 bridgehead atoms. The molecule has 0 N–H and O–H groups in total. The van der Waals surface area contributed by atoms with Gasteiger partial charge in [0.15, 0.2) is 0 Å². The average Bonchev–Trinajstić information content (AvgIpc) is 2.24. The molecule has 3 heteroatoms. The molecule has 0 aromatic heterocycles. The summed E-state index contributed by atoms with van der Waals surface area (Å²) < 4.78 is 12.0. The number of likely N-dealkylation sites (tertiary alicyclic amines) is 1. The molecule has 1 aliphatic heterocycles. The van der Waals surface area contributed by atoms with Gasteiger partial charge in [0.1, 0.15) is 6.54 Å². The average molecular weight is 216 g/mol. The molecule has 1 saturated heterocycles. The van der Waals surface area contributed by atoms with Crippen molar-refractivity contribution in [3.05, 3.63) is 0 Å². The van der Waals surface area contributed by atoms with Gasteiger partial charge in [-0.3, -0.25) is 0 Å². The maximum Gasteiger partial charge on any atom is 0.102 e. The highest BCUT2D eigenvalue weighted by Gasteiger charge is 2.23. The third-order valence-electron chi connectivity index (χ3n) is 3.25. The van der Waals surface area contributed by atoms with Crippen LogP contribution in [-0.4, -0.2) is 57.6 Å². The molecule has 0 atom stereocenters. The summed E-state index contributed by atoms with van der Waals surface area (Å²) in [7, 11) is 2.35. The van der Waals surface area contributed by atoms with Crippen molar-refractivity contribution in [3.8, 4) is 0 Å². The molecule has 1 fully saturated rings. The number of hydrogen-bond donors (Lipinski definition) is 0. The quantitative estimate of drug-likeness (QED) is 0.476. The summed E-state index contributed by atoms with van der Waals surface area (Å²) >= 11 is 0. The lowest BCUT2D eigenvalue weighted by Gasteiger charge is -2.37. The minimum absolute atomic E-state index is 0.736. The van der Waals surface area contributed by atoms with Crippen molar-refractivity contribution in [2.24, 2.45) is 0 Å². The monoisotopic (exact) mass is 216 g/mol. The lowest BCUT2D eigenvalue weighted by Crippen LogP contribution is -2.49. The van der Waals surface area contributed by atoms with E-state index in [9.17, 15) is 0 Å². The zero-order chi connectivity index (χ0) is 11.0. The fourth-order valence-electron chi connectivity index (χ4n) is 2.15. The van der Waals surface area contributed by atoms with E-state index in [0.29, 0.717) is 0 Å². The van der Waals surface area contributed by atoms with E-state index in [2.05, 4.69) is 7.05 Å². The fourth-order valence-corrected chi connectivity index (χ4v) is 2.15. The van der Waals surface area contributed by atoms with Crippen LogP contribution in [-0.2, 0) is 9.47 Å². The van der Waals surface area contributed by atoms with Gasteiger partial charge in [-0.15, -0.1) is 0 Å². The van der Waals surface area contributed by atoms with E-state index in [1.807, 2.05) is 6.92 Å². The van der Waals surface area contributed by atoms with Crippen molar-refractivity contribution < 1.29 is 14.0 Å². The van der Waals surface area contributed by atoms with Gasteiger partial charge in [0.2, 0.25) is 0 Å². The Morgan fingerprint density at radius 2 is 1.60 bits per heavy atom. The maximum absolute atomic E-state index is 5.56. The SMILES string of the molecule is CCOCCOCC[N+]1(C)CCCCC1. The van der Waals surface area contributed by atoms with Crippen LogP contribution in [0.2, 0.25) is 0 Å². The Labute approximate surface area is 93.9 Å². The second-order valence-electron chi connectivity index (χ2n) is 4.66. The predicted molar refractivity (Wildman–Crippen MR) is 61.9 cm³/mol. The zero-order valence-electron chi connectivity index (χ0n) is 10.3. The van der Waals surface area contributed by atoms with Gasteiger partial charge in [-0.25, -0.2) is 0 Å². The summed E-state index contributed by atoms with van der Waals surface area (Å²) in [6.45, 7) is 8.98. The van der Waals surface area contributed by atoms with E-state index < -0.39 is 0 Å². The summed E-state index contributed by atoms with van der Waals surface area (Å²) in [5.41, 5.74) is 0. The van der Waals surface area contributed by atoms with Gasteiger partial charge in [0, 0.05) is 6.61 Å². The minimum Gasteiger partial charge on any atom is -0.379 e. The van der Waals surface area contributed by atoms with E-state index in [1.54, 1.807) is 0 Å². The van der Waals surface area contributed by atoms with Crippen molar-refractivity contribution in [2.45, 2.75) is 26.2 Å². The molecule has 90 valence electrons. The molecule has 0 amide bonds. The second-order valence-corrected chi connectivity index (χ2v) is 4.66. The topological polar surface area (TPSA) is 18.5 Å². The van der Waals surface area contributed by atoms with Crippen LogP contribution in [0, 0.1) is 0 Å². The molecule has 0 spiro atoms. The van der Waals surface area contributed by atoms with Crippen molar-refractivity contribution in [1.29, 1.82) is 0 Å². The highest BCUT2D eigenvalue weighted by molar-refractivity contribution is 4.51. The molecule has 0 aliphatic carbocycles. The number of nitrogens with zero attached hydrogens (tertiary/aromatic N) is 1. The van der Waals surface area contributed by atoms with Crippen LogP contribution in [0.1, 0.15) is 26.2 Å². The third kappa shape index (κ3) is 5.50. The Kier molecular flexibility index (Phi) is 6.22. The van der Waals surface area contributed by atoms with Gasteiger partial charge >= 0.3 is 0 Å². The molecular formula is C12H26NO2+. The molecule has 0 unspecified atom stereocenters. The lowest BCUT2D eigenvalue weighted by molar-refractivity contribution is -0.914. The van der Waals surface area contributed by atoms with Gasteiger partial charge in [-0.2, -0.15) is 0 Å². The molecule has 1 rings (SSSR count). The first kappa shape index (κ1) is 12.9. The third-order valence-corrected chi connectivity index (χ3v) is 3.25. The van der Waals surface area contributed by atoms with Crippen LogP contribution in [0.25, 0.3) is 0 Å². The Morgan fingerprint density at radius 1 is 0.933 bits per heavy atom. The first-order valence-electron chi connectivity index (χ1n) is 6.26. The van der Waals surface area contributed by atoms with Crippen LogP contribution >= 0.6 is 0 Å². The number of likely N-dealkylation sites (N-methyl/N-ethyl adjacent to an activating group) is 1. The lowest BCUT2D eigenvalue weighted by atomic mass is 10.1. The second kappa shape index (κ2) is 7.20. The Balaban J connectivity index is 1.98. The maximum atomic E-state index is 5.56. The number of hydrogen-bond acceptors (Lipinski definition) is 2. The van der Waals surface area contributed by atoms with Gasteiger partial charge in [-0.05, 0) is 26.2 Å². The van der Waals surface area contributed by atoms with Crippen molar-refractivity contribution >= 4 is 0 Å². The zero-order valence-corrected chi connectivity index (χ0v) is 10.3. The first-order valence-corrected chi connectivity index (χ1v) is 6.26. The summed E-state index contributed by atoms with van der Waals surface area (Å²) in [5.74, 6) is 0. The summed E-state index contributed by atoms with van der Waals surface area (Å²) in [4.78, 5) is 0. The Morgan fingerprint density at radius 3 is 2.27 bits per heavy atom. The van der Waals surface area contributed by atoms with Crippen LogP contribution in [0.5, 0.6) is 0 Å². The van der Waals surface area contributed by atoms with E-state index in [1.165, 1.54) is 36.8 Å². The normalized spacial score (nSPS) is 20.4. The first-order chi connectivity index (χ1) is 7.27. The molecule has 1 heterocycles. The Bertz CT molecular complexity index is 156. The fraction of sp³-hybridized carbons (Fsp3) is 1.00. The minimum atomic E-state index is 0.736. The van der Waals surface area contributed by atoms with Crippen LogP contribution in [0.15, 0.2) is 0 Å². The number of rotatable bonds is 7. The van der Waals surface area contributed by atoms with E-state index in [-0.39, 0.29) is 0 Å². The van der Waals surface area contributed by atoms with E-state index in [4.69, 9.17) is 9.47 Å². The smallest absolute Gasteiger partial charge is 0.102 e. The number of quaternary nitrogens is 1. The molecule has 15 heavy (non-hydrogen) atoms. The standard InChI is InChI=1S/C12H26NO2/c1-3-14-11-12-15-10-9-13(2)7-5-4-6-8-13/h3-12H2,1-2H3/q+1. The van der Waals surface area contributed by atoms with Gasteiger partial charge in [-0.1, -0.05) is 0 Å². The molecule has 0 aromatic carbocycles. The molecule has 0 radical (unpaired) electrons. The van der Waals surface area contributed by atoms with Gasteiger partial charge in [0.25, 0.3) is 0 Å². The summed E-state index contributed by atoms with van der Waals surface area (Å²) in [6, 6.07) is 0. The van der Waals surface area contributed by atoms with Crippen LogP contribution in [0.3, 0.4) is 0 Å². The summed E-state index contributed by atoms with van der Waals surface area (Å²) in [6.07, 6.45) is 4.18. The van der Waals surface area contributed by atoms with Crippen molar-refractivity contribution in [2.75, 3.05) is 53.1 Å². The number of ether oxygens (including phenoxy) is 2. The summed E-state index contributed by atoms with van der Waals surface area (Å²) in [5, 5.41) is 0. The molecular weight excluding hydrogens is 190 g/mol. The number of piperidine rings is 1. The molecule has 0 saturated carbocycles.